The number of aryl methyl sites for hydroxylation is 2. The normalized spacial score (nSPS) is 15.4. The van der Waals surface area contributed by atoms with Gasteiger partial charge in [0.2, 0.25) is 0 Å². The highest BCUT2D eigenvalue weighted by Crippen LogP contribution is 2.29. The molecule has 0 radical (unpaired) electrons. The molecule has 0 spiro atoms. The number of ketones is 1. The van der Waals surface area contributed by atoms with Gasteiger partial charge in [0.15, 0.2) is 11.6 Å². The molecule has 0 bridgehead atoms. The van der Waals surface area contributed by atoms with Crippen LogP contribution in [-0.4, -0.2) is 42.4 Å². The van der Waals surface area contributed by atoms with Crippen LogP contribution in [0.5, 0.6) is 5.75 Å². The molecule has 0 saturated carbocycles. The van der Waals surface area contributed by atoms with E-state index in [9.17, 15) is 4.79 Å². The van der Waals surface area contributed by atoms with Gasteiger partial charge in [-0.25, -0.2) is 9.67 Å². The zero-order chi connectivity index (χ0) is 22.1. The number of rotatable bonds is 6. The van der Waals surface area contributed by atoms with Crippen LogP contribution in [0.2, 0.25) is 0 Å². The molecule has 0 saturated heterocycles. The van der Waals surface area contributed by atoms with Gasteiger partial charge in [-0.15, -0.1) is 0 Å². The standard InChI is InChI=1S/C24H24N6O2/c1-29-23(19(15-26-29)20-14-18(32-2)8-10-25-20)21(31)12-16-9-11-30-22(13-16)27-24(28-30)17-6-4-3-5-7-17/h3-8,10,14-16H,9,11-13H2,1-2H3. The predicted molar refractivity (Wildman–Crippen MR) is 119 cm³/mol. The molecule has 4 aromatic rings. The molecule has 3 aromatic heterocycles. The number of nitrogens with zero attached hydrogens (tertiary/aromatic N) is 6. The van der Waals surface area contributed by atoms with Crippen LogP contribution in [0, 0.1) is 5.92 Å². The molecule has 1 aliphatic rings. The monoisotopic (exact) mass is 428 g/mol. The Hall–Kier alpha value is -3.81. The van der Waals surface area contributed by atoms with Gasteiger partial charge in [-0.1, -0.05) is 30.3 Å². The van der Waals surface area contributed by atoms with Crippen molar-refractivity contribution in [2.45, 2.75) is 25.8 Å². The molecular formula is C24H24N6O2. The van der Waals surface area contributed by atoms with Crippen LogP contribution in [0.3, 0.4) is 0 Å². The molecule has 1 unspecified atom stereocenters. The number of Topliss-reactive ketones (excluding diaryl/α,β-unsaturated/α-hetero) is 1. The molecule has 32 heavy (non-hydrogen) atoms. The molecule has 4 heterocycles. The number of benzene rings is 1. The number of carbonyl (C=O) groups is 1. The molecule has 1 aromatic carbocycles. The van der Waals surface area contributed by atoms with E-state index in [4.69, 9.17) is 9.72 Å². The maximum Gasteiger partial charge on any atom is 0.181 e. The lowest BCUT2D eigenvalue weighted by Gasteiger charge is -2.21. The molecule has 1 atom stereocenters. The maximum atomic E-state index is 13.3. The number of aromatic nitrogens is 6. The zero-order valence-corrected chi connectivity index (χ0v) is 18.1. The largest absolute Gasteiger partial charge is 0.497 e. The first-order chi connectivity index (χ1) is 15.6. The van der Waals surface area contributed by atoms with E-state index in [-0.39, 0.29) is 11.7 Å². The number of hydrogen-bond donors (Lipinski definition) is 0. The van der Waals surface area contributed by atoms with Crippen LogP contribution >= 0.6 is 0 Å². The molecule has 0 fully saturated rings. The molecule has 162 valence electrons. The van der Waals surface area contributed by atoms with Crippen LogP contribution in [0.4, 0.5) is 0 Å². The van der Waals surface area contributed by atoms with Crippen LogP contribution in [-0.2, 0) is 20.0 Å². The highest BCUT2D eigenvalue weighted by molar-refractivity contribution is 6.00. The average molecular weight is 428 g/mol. The second kappa shape index (κ2) is 8.37. The summed E-state index contributed by atoms with van der Waals surface area (Å²) in [6.45, 7) is 0.767. The fraction of sp³-hybridized carbons (Fsp3) is 0.292. The summed E-state index contributed by atoms with van der Waals surface area (Å²) < 4.78 is 8.91. The van der Waals surface area contributed by atoms with E-state index < -0.39 is 0 Å². The van der Waals surface area contributed by atoms with Gasteiger partial charge < -0.3 is 4.74 Å². The number of carbonyl (C=O) groups excluding carboxylic acids is 1. The second-order valence-corrected chi connectivity index (χ2v) is 8.04. The number of hydrogen-bond acceptors (Lipinski definition) is 6. The van der Waals surface area contributed by atoms with Crippen LogP contribution in [0.1, 0.15) is 29.2 Å². The minimum Gasteiger partial charge on any atom is -0.497 e. The van der Waals surface area contributed by atoms with Crippen LogP contribution in [0.15, 0.2) is 54.9 Å². The summed E-state index contributed by atoms with van der Waals surface area (Å²) >= 11 is 0. The summed E-state index contributed by atoms with van der Waals surface area (Å²) in [5, 5.41) is 8.98. The van der Waals surface area contributed by atoms with E-state index in [1.54, 1.807) is 37.3 Å². The summed E-state index contributed by atoms with van der Waals surface area (Å²) in [7, 11) is 3.40. The Kier molecular flexibility index (Phi) is 5.26. The lowest BCUT2D eigenvalue weighted by atomic mass is 9.91. The van der Waals surface area contributed by atoms with Gasteiger partial charge in [0.1, 0.15) is 17.3 Å². The minimum atomic E-state index is 0.0610. The first-order valence-electron chi connectivity index (χ1n) is 10.7. The molecular weight excluding hydrogens is 404 g/mol. The number of fused-ring (bicyclic) bond motifs is 1. The van der Waals surface area contributed by atoms with E-state index in [1.807, 2.05) is 41.1 Å². The summed E-state index contributed by atoms with van der Waals surface area (Å²) in [4.78, 5) is 22.5. The molecule has 5 rings (SSSR count). The fourth-order valence-corrected chi connectivity index (χ4v) is 4.25. The van der Waals surface area contributed by atoms with E-state index in [0.29, 0.717) is 23.6 Å². The van der Waals surface area contributed by atoms with Gasteiger partial charge in [0, 0.05) is 49.8 Å². The minimum absolute atomic E-state index is 0.0610. The van der Waals surface area contributed by atoms with Gasteiger partial charge in [0.25, 0.3) is 0 Å². The SMILES string of the molecule is COc1ccnc(-c2cnn(C)c2C(=O)CC2CCn3nc(-c4ccccc4)nc3C2)c1. The topological polar surface area (TPSA) is 87.7 Å². The van der Waals surface area contributed by atoms with Crippen molar-refractivity contribution in [3.63, 3.8) is 0 Å². The van der Waals surface area contributed by atoms with Crippen molar-refractivity contribution in [2.75, 3.05) is 7.11 Å². The third-order valence-electron chi connectivity index (χ3n) is 5.92. The zero-order valence-electron chi connectivity index (χ0n) is 18.1. The second-order valence-electron chi connectivity index (χ2n) is 8.04. The Morgan fingerprint density at radius 1 is 1.22 bits per heavy atom. The first-order valence-corrected chi connectivity index (χ1v) is 10.7. The molecule has 0 aliphatic carbocycles. The van der Waals surface area contributed by atoms with E-state index in [1.165, 1.54) is 0 Å². The van der Waals surface area contributed by atoms with Crippen molar-refractivity contribution >= 4 is 5.78 Å². The van der Waals surface area contributed by atoms with Crippen LogP contribution < -0.4 is 4.74 Å². The van der Waals surface area contributed by atoms with Crippen LogP contribution in [0.25, 0.3) is 22.6 Å². The molecule has 0 amide bonds. The van der Waals surface area contributed by atoms with Crippen molar-refractivity contribution in [3.05, 3.63) is 66.4 Å². The Bertz CT molecular complexity index is 1260. The number of pyridine rings is 1. The third kappa shape index (κ3) is 3.79. The molecule has 8 heteroatoms. The molecule has 1 aliphatic heterocycles. The van der Waals surface area contributed by atoms with Crippen molar-refractivity contribution < 1.29 is 9.53 Å². The summed E-state index contributed by atoms with van der Waals surface area (Å²) in [6.07, 6.45) is 5.42. The molecule has 0 N–H and O–H groups in total. The highest BCUT2D eigenvalue weighted by atomic mass is 16.5. The van der Waals surface area contributed by atoms with E-state index in [0.717, 1.165) is 42.2 Å². The lowest BCUT2D eigenvalue weighted by molar-refractivity contribution is 0.0944. The quantitative estimate of drug-likeness (QED) is 0.436. The number of methoxy groups -OCH3 is 1. The van der Waals surface area contributed by atoms with Crippen molar-refractivity contribution in [3.8, 4) is 28.4 Å². The Morgan fingerprint density at radius 2 is 2.06 bits per heavy atom. The molecule has 8 nitrogen and oxygen atoms in total. The summed E-state index contributed by atoms with van der Waals surface area (Å²) in [6, 6.07) is 13.6. The van der Waals surface area contributed by atoms with E-state index in [2.05, 4.69) is 15.2 Å². The third-order valence-corrected chi connectivity index (χ3v) is 5.92. The first kappa shape index (κ1) is 20.1. The Labute approximate surface area is 185 Å². The van der Waals surface area contributed by atoms with Gasteiger partial charge >= 0.3 is 0 Å². The smallest absolute Gasteiger partial charge is 0.181 e. The Morgan fingerprint density at radius 3 is 2.88 bits per heavy atom. The predicted octanol–water partition coefficient (Wildman–Crippen LogP) is 3.58. The summed E-state index contributed by atoms with van der Waals surface area (Å²) in [5.41, 5.74) is 2.98. The van der Waals surface area contributed by atoms with Gasteiger partial charge in [0.05, 0.1) is 19.0 Å². The highest BCUT2D eigenvalue weighted by Gasteiger charge is 2.27. The lowest BCUT2D eigenvalue weighted by Crippen LogP contribution is -2.23. The fourth-order valence-electron chi connectivity index (χ4n) is 4.25. The Balaban J connectivity index is 1.35. The van der Waals surface area contributed by atoms with Crippen molar-refractivity contribution in [1.29, 1.82) is 0 Å². The van der Waals surface area contributed by atoms with Gasteiger partial charge in [-0.05, 0) is 18.4 Å². The summed E-state index contributed by atoms with van der Waals surface area (Å²) in [5.74, 6) is 2.64. The van der Waals surface area contributed by atoms with Crippen molar-refractivity contribution in [2.24, 2.45) is 13.0 Å². The van der Waals surface area contributed by atoms with Gasteiger partial charge in [-0.3, -0.25) is 14.5 Å². The number of ether oxygens (including phenoxy) is 1. The van der Waals surface area contributed by atoms with Crippen molar-refractivity contribution in [1.82, 2.24) is 29.5 Å². The van der Waals surface area contributed by atoms with Gasteiger partial charge in [-0.2, -0.15) is 10.2 Å². The maximum absolute atomic E-state index is 13.3. The average Bonchev–Trinajstić information content (AvgIpc) is 3.43. The van der Waals surface area contributed by atoms with E-state index >= 15 is 0 Å².